The second kappa shape index (κ2) is 7.48. The van der Waals surface area contributed by atoms with Crippen LogP contribution in [0.1, 0.15) is 42.9 Å². The Morgan fingerprint density at radius 3 is 2.73 bits per heavy atom. The van der Waals surface area contributed by atoms with Crippen LogP contribution in [-0.4, -0.2) is 35.9 Å². The van der Waals surface area contributed by atoms with Crippen molar-refractivity contribution < 1.29 is 19.1 Å². The Labute approximate surface area is 175 Å². The molecule has 2 heterocycles. The minimum Gasteiger partial charge on any atom is -0.493 e. The second-order valence-corrected chi connectivity index (χ2v) is 8.06. The summed E-state index contributed by atoms with van der Waals surface area (Å²) in [5.41, 5.74) is 2.11. The van der Waals surface area contributed by atoms with Crippen molar-refractivity contribution in [3.8, 4) is 5.75 Å². The highest BCUT2D eigenvalue weighted by molar-refractivity contribution is 6.11. The minimum atomic E-state index is -1.18. The van der Waals surface area contributed by atoms with Crippen molar-refractivity contribution in [1.29, 1.82) is 0 Å². The van der Waals surface area contributed by atoms with Crippen molar-refractivity contribution in [3.05, 3.63) is 59.2 Å². The first-order valence-corrected chi connectivity index (χ1v) is 10.1. The predicted octanol–water partition coefficient (Wildman–Crippen LogP) is 3.29. The van der Waals surface area contributed by atoms with E-state index in [4.69, 9.17) is 4.74 Å². The van der Waals surface area contributed by atoms with Crippen LogP contribution in [0.5, 0.6) is 5.75 Å². The van der Waals surface area contributed by atoms with Crippen LogP contribution in [0.3, 0.4) is 0 Å². The summed E-state index contributed by atoms with van der Waals surface area (Å²) in [6, 6.07) is 12.4. The number of anilines is 1. The van der Waals surface area contributed by atoms with E-state index in [0.717, 1.165) is 21.7 Å². The molecule has 1 atom stereocenters. The Hall–Kier alpha value is -3.35. The number of imide groups is 1. The SMILES string of the molecule is Cc1cccc(C(C)C)c1NC(=O)CN1C(=O)NC2(CCOc3ccccc32)C1=O. The average Bonchev–Trinajstić information content (AvgIpc) is 2.94. The zero-order valence-electron chi connectivity index (χ0n) is 17.3. The molecule has 0 bridgehead atoms. The molecule has 0 aliphatic carbocycles. The molecule has 4 rings (SSSR count). The van der Waals surface area contributed by atoms with Gasteiger partial charge in [-0.2, -0.15) is 0 Å². The number of hydrogen-bond donors (Lipinski definition) is 2. The summed E-state index contributed by atoms with van der Waals surface area (Å²) in [6.07, 6.45) is 0.321. The molecule has 0 aromatic heterocycles. The molecule has 7 nitrogen and oxygen atoms in total. The summed E-state index contributed by atoms with van der Waals surface area (Å²) in [4.78, 5) is 39.7. The summed E-state index contributed by atoms with van der Waals surface area (Å²) in [6.45, 7) is 5.98. The summed E-state index contributed by atoms with van der Waals surface area (Å²) in [7, 11) is 0. The highest BCUT2D eigenvalue weighted by Crippen LogP contribution is 2.41. The lowest BCUT2D eigenvalue weighted by Gasteiger charge is -2.33. The lowest BCUT2D eigenvalue weighted by molar-refractivity contribution is -0.135. The van der Waals surface area contributed by atoms with Crippen molar-refractivity contribution in [2.45, 2.75) is 38.6 Å². The molecule has 2 aromatic rings. The fraction of sp³-hybridized carbons (Fsp3) is 0.348. The lowest BCUT2D eigenvalue weighted by Crippen LogP contribution is -2.48. The van der Waals surface area contributed by atoms with Crippen LogP contribution < -0.4 is 15.4 Å². The maximum atomic E-state index is 13.3. The van der Waals surface area contributed by atoms with E-state index in [9.17, 15) is 14.4 Å². The Balaban J connectivity index is 1.57. The van der Waals surface area contributed by atoms with Crippen LogP contribution in [0.4, 0.5) is 10.5 Å². The fourth-order valence-electron chi connectivity index (χ4n) is 4.18. The number of para-hydroxylation sites is 2. The molecule has 2 N–H and O–H groups in total. The van der Waals surface area contributed by atoms with Crippen LogP contribution in [0.15, 0.2) is 42.5 Å². The van der Waals surface area contributed by atoms with Crippen molar-refractivity contribution in [3.63, 3.8) is 0 Å². The molecule has 2 aliphatic heterocycles. The van der Waals surface area contributed by atoms with Gasteiger partial charge in [0.2, 0.25) is 5.91 Å². The number of amides is 4. The number of nitrogens with one attached hydrogen (secondary N) is 2. The van der Waals surface area contributed by atoms with Gasteiger partial charge in [-0.3, -0.25) is 14.5 Å². The molecule has 1 saturated heterocycles. The van der Waals surface area contributed by atoms with Gasteiger partial charge in [0, 0.05) is 17.7 Å². The number of rotatable bonds is 4. The van der Waals surface area contributed by atoms with Gasteiger partial charge in [0.1, 0.15) is 12.3 Å². The molecule has 0 radical (unpaired) electrons. The Morgan fingerprint density at radius 1 is 1.20 bits per heavy atom. The first-order chi connectivity index (χ1) is 14.3. The molecule has 4 amide bonds. The molecule has 0 saturated carbocycles. The maximum Gasteiger partial charge on any atom is 0.325 e. The number of benzene rings is 2. The average molecular weight is 407 g/mol. The number of carbonyl (C=O) groups excluding carboxylic acids is 3. The highest BCUT2D eigenvalue weighted by Gasteiger charge is 2.55. The van der Waals surface area contributed by atoms with Gasteiger partial charge in [-0.25, -0.2) is 4.79 Å². The number of ether oxygens (including phenoxy) is 1. The van der Waals surface area contributed by atoms with E-state index in [0.29, 0.717) is 24.3 Å². The van der Waals surface area contributed by atoms with Gasteiger partial charge in [0.15, 0.2) is 5.54 Å². The van der Waals surface area contributed by atoms with Crippen molar-refractivity contribution >= 4 is 23.5 Å². The molecule has 7 heteroatoms. The van der Waals surface area contributed by atoms with Crippen molar-refractivity contribution in [2.24, 2.45) is 0 Å². The van der Waals surface area contributed by atoms with Crippen LogP contribution in [0.25, 0.3) is 0 Å². The molecular formula is C23H25N3O4. The summed E-state index contributed by atoms with van der Waals surface area (Å²) in [5.74, 6) is -0.0384. The number of aryl methyl sites for hydroxylation is 1. The monoisotopic (exact) mass is 407 g/mol. The van der Waals surface area contributed by atoms with Crippen molar-refractivity contribution in [2.75, 3.05) is 18.5 Å². The Morgan fingerprint density at radius 2 is 1.97 bits per heavy atom. The van der Waals surface area contributed by atoms with Gasteiger partial charge in [0.05, 0.1) is 6.61 Å². The Kier molecular flexibility index (Phi) is 4.97. The van der Waals surface area contributed by atoms with E-state index in [2.05, 4.69) is 10.6 Å². The third-order valence-electron chi connectivity index (χ3n) is 5.75. The molecule has 30 heavy (non-hydrogen) atoms. The molecule has 2 aliphatic rings. The third kappa shape index (κ3) is 3.20. The summed E-state index contributed by atoms with van der Waals surface area (Å²) in [5, 5.41) is 5.71. The Bertz CT molecular complexity index is 1030. The highest BCUT2D eigenvalue weighted by atomic mass is 16.5. The predicted molar refractivity (Wildman–Crippen MR) is 112 cm³/mol. The molecular weight excluding hydrogens is 382 g/mol. The minimum absolute atomic E-state index is 0.221. The standard InChI is InChI=1S/C23H25N3O4/c1-14(2)16-8-6-7-15(3)20(16)24-19(27)13-26-21(28)23(25-22(26)29)11-12-30-18-10-5-4-9-17(18)23/h4-10,14H,11-13H2,1-3H3,(H,24,27)(H,25,29). The summed E-state index contributed by atoms with van der Waals surface area (Å²) >= 11 is 0. The van der Waals surface area contributed by atoms with E-state index < -0.39 is 23.4 Å². The van der Waals surface area contributed by atoms with Crippen LogP contribution in [0, 0.1) is 6.92 Å². The molecule has 1 spiro atoms. The molecule has 1 unspecified atom stereocenters. The number of hydrogen-bond acceptors (Lipinski definition) is 4. The van der Waals surface area contributed by atoms with E-state index in [1.165, 1.54) is 0 Å². The topological polar surface area (TPSA) is 87.7 Å². The lowest BCUT2D eigenvalue weighted by atomic mass is 9.84. The van der Waals surface area contributed by atoms with Crippen molar-refractivity contribution in [1.82, 2.24) is 10.2 Å². The van der Waals surface area contributed by atoms with E-state index >= 15 is 0 Å². The molecule has 2 aromatic carbocycles. The number of urea groups is 1. The quantitative estimate of drug-likeness (QED) is 0.762. The van der Waals surface area contributed by atoms with E-state index in [-0.39, 0.29) is 12.5 Å². The van der Waals surface area contributed by atoms with E-state index in [1.54, 1.807) is 18.2 Å². The van der Waals surface area contributed by atoms with Gasteiger partial charge in [-0.05, 0) is 30.0 Å². The largest absolute Gasteiger partial charge is 0.493 e. The van der Waals surface area contributed by atoms with Gasteiger partial charge in [0.25, 0.3) is 5.91 Å². The van der Waals surface area contributed by atoms with Crippen LogP contribution >= 0.6 is 0 Å². The third-order valence-corrected chi connectivity index (χ3v) is 5.75. The van der Waals surface area contributed by atoms with Gasteiger partial charge < -0.3 is 15.4 Å². The maximum absolute atomic E-state index is 13.3. The number of carbonyl (C=O) groups is 3. The van der Waals surface area contributed by atoms with E-state index in [1.807, 2.05) is 45.0 Å². The number of nitrogens with zero attached hydrogens (tertiary/aromatic N) is 1. The van der Waals surface area contributed by atoms with Crippen LogP contribution in [0.2, 0.25) is 0 Å². The zero-order valence-corrected chi connectivity index (χ0v) is 17.3. The molecule has 1 fully saturated rings. The van der Waals surface area contributed by atoms with Crippen LogP contribution in [-0.2, 0) is 15.1 Å². The van der Waals surface area contributed by atoms with Gasteiger partial charge in [-0.15, -0.1) is 0 Å². The first-order valence-electron chi connectivity index (χ1n) is 10.1. The zero-order chi connectivity index (χ0) is 21.5. The smallest absolute Gasteiger partial charge is 0.325 e. The first kappa shape index (κ1) is 19.9. The van der Waals surface area contributed by atoms with Gasteiger partial charge >= 0.3 is 6.03 Å². The fourth-order valence-corrected chi connectivity index (χ4v) is 4.18. The summed E-state index contributed by atoms with van der Waals surface area (Å²) < 4.78 is 5.64. The molecule has 156 valence electrons. The number of fused-ring (bicyclic) bond motifs is 2. The van der Waals surface area contributed by atoms with Gasteiger partial charge in [-0.1, -0.05) is 50.2 Å². The second-order valence-electron chi connectivity index (χ2n) is 8.06. The normalized spacial score (nSPS) is 20.2.